The maximum atomic E-state index is 14.2. The molecule has 2 aromatic rings. The van der Waals surface area contributed by atoms with Crippen LogP contribution in [0.2, 0.25) is 18.1 Å². The summed E-state index contributed by atoms with van der Waals surface area (Å²) in [6.45, 7) is 9.76. The van der Waals surface area contributed by atoms with E-state index < -0.39 is 67.2 Å². The third-order valence-electron chi connectivity index (χ3n) is 9.37. The molecule has 3 heterocycles. The van der Waals surface area contributed by atoms with Crippen molar-refractivity contribution in [1.82, 2.24) is 4.90 Å². The van der Waals surface area contributed by atoms with Crippen molar-refractivity contribution in [2.24, 2.45) is 0 Å². The Labute approximate surface area is 231 Å². The molecule has 4 aliphatic rings. The van der Waals surface area contributed by atoms with Crippen LogP contribution in [-0.2, 0) is 25.5 Å². The van der Waals surface area contributed by atoms with Gasteiger partial charge in [-0.05, 0) is 41.2 Å². The zero-order valence-electron chi connectivity index (χ0n) is 23.4. The van der Waals surface area contributed by atoms with Crippen molar-refractivity contribution in [1.29, 1.82) is 0 Å². The van der Waals surface area contributed by atoms with Crippen molar-refractivity contribution in [2.45, 2.75) is 68.9 Å². The largest absolute Gasteiger partial charge is 0.543 e. The van der Waals surface area contributed by atoms with Gasteiger partial charge in [-0.3, -0.25) is 19.2 Å². The highest BCUT2D eigenvalue weighted by Gasteiger charge is 2.85. The van der Waals surface area contributed by atoms with Gasteiger partial charge in [-0.25, -0.2) is 0 Å². The van der Waals surface area contributed by atoms with Crippen LogP contribution in [0.25, 0.3) is 10.8 Å². The number of ether oxygens (including phenoxy) is 3. The molecule has 1 amide bonds. The minimum absolute atomic E-state index is 0.128. The van der Waals surface area contributed by atoms with Gasteiger partial charge in [0.2, 0.25) is 23.0 Å². The Morgan fingerprint density at radius 1 is 1.07 bits per heavy atom. The molecule has 40 heavy (non-hydrogen) atoms. The van der Waals surface area contributed by atoms with Gasteiger partial charge in [0.1, 0.15) is 17.9 Å². The molecule has 212 valence electrons. The van der Waals surface area contributed by atoms with Crippen LogP contribution in [0, 0.1) is 0 Å². The predicted molar refractivity (Wildman–Crippen MR) is 142 cm³/mol. The van der Waals surface area contributed by atoms with Gasteiger partial charge in [-0.1, -0.05) is 20.8 Å². The number of Topliss-reactive ketones (excluding diaryl/α,β-unsaturated/α-hetero) is 2. The number of carbonyl (C=O) groups is 4. The van der Waals surface area contributed by atoms with Crippen LogP contribution in [0.15, 0.2) is 12.1 Å². The number of aromatic hydroxyl groups is 1. The number of esters is 1. The molecule has 0 saturated carbocycles. The Morgan fingerprint density at radius 3 is 2.38 bits per heavy atom. The number of hydrogen-bond acceptors (Lipinski definition) is 10. The summed E-state index contributed by atoms with van der Waals surface area (Å²) in [6, 6.07) is 3.00. The van der Waals surface area contributed by atoms with Crippen molar-refractivity contribution < 1.29 is 48.0 Å². The Hall–Kier alpha value is -3.32. The molecule has 0 unspecified atom stereocenters. The highest BCUT2D eigenvalue weighted by Crippen LogP contribution is 2.59. The molecule has 0 bridgehead atoms. The molecule has 2 saturated heterocycles. The third kappa shape index (κ3) is 2.89. The van der Waals surface area contributed by atoms with Gasteiger partial charge in [-0.15, -0.1) is 0 Å². The number of aliphatic hydroxyl groups is 1. The van der Waals surface area contributed by atoms with E-state index in [0.717, 1.165) is 0 Å². The van der Waals surface area contributed by atoms with Gasteiger partial charge in [0.05, 0.1) is 17.7 Å². The van der Waals surface area contributed by atoms with Crippen LogP contribution in [-0.4, -0.2) is 84.6 Å². The summed E-state index contributed by atoms with van der Waals surface area (Å²) in [7, 11) is 0.369. The predicted octanol–water partition coefficient (Wildman–Crippen LogP) is 2.68. The lowest BCUT2D eigenvalue weighted by Gasteiger charge is -2.43. The molecule has 1 spiro atoms. The van der Waals surface area contributed by atoms with E-state index in [4.69, 9.17) is 18.6 Å². The van der Waals surface area contributed by atoms with Crippen molar-refractivity contribution in [3.8, 4) is 11.5 Å². The topological polar surface area (TPSA) is 149 Å². The SMILES string of the molecule is CO[C@]12CC(=O)O[C@]13C(=O)c1c(cc4cc(O[Si](C)(C)C(C)(C)C)c5c(c4c1O)CN(C)C5=O)C(=O)[C@]3(O)CO2. The molecule has 1 aliphatic carbocycles. The highest BCUT2D eigenvalue weighted by atomic mass is 28.4. The molecular weight excluding hydrogens is 538 g/mol. The molecule has 2 N–H and O–H groups in total. The smallest absolute Gasteiger partial charge is 0.312 e. The molecule has 3 atom stereocenters. The van der Waals surface area contributed by atoms with E-state index in [9.17, 15) is 29.4 Å². The summed E-state index contributed by atoms with van der Waals surface area (Å²) < 4.78 is 23.0. The zero-order chi connectivity index (χ0) is 29.4. The summed E-state index contributed by atoms with van der Waals surface area (Å²) in [5.41, 5.74) is -5.07. The maximum absolute atomic E-state index is 14.2. The number of nitrogens with zero attached hydrogens (tertiary/aromatic N) is 1. The first-order valence-electron chi connectivity index (χ1n) is 13.0. The van der Waals surface area contributed by atoms with Crippen molar-refractivity contribution in [2.75, 3.05) is 20.8 Å². The summed E-state index contributed by atoms with van der Waals surface area (Å²) >= 11 is 0. The molecular formula is C28H31NO10Si. The summed E-state index contributed by atoms with van der Waals surface area (Å²) in [4.78, 5) is 55.4. The van der Waals surface area contributed by atoms with E-state index in [1.54, 1.807) is 13.1 Å². The number of methoxy groups -OCH3 is 1. The molecule has 0 aromatic heterocycles. The molecule has 11 nitrogen and oxygen atoms in total. The molecule has 3 aliphatic heterocycles. The van der Waals surface area contributed by atoms with E-state index >= 15 is 0 Å². The summed E-state index contributed by atoms with van der Waals surface area (Å²) in [5, 5.41) is 23.7. The Morgan fingerprint density at radius 2 is 1.75 bits per heavy atom. The van der Waals surface area contributed by atoms with E-state index in [2.05, 4.69) is 20.8 Å². The van der Waals surface area contributed by atoms with E-state index in [1.165, 1.54) is 18.1 Å². The second kappa shape index (κ2) is 7.69. The molecule has 2 fully saturated rings. The van der Waals surface area contributed by atoms with Crippen LogP contribution < -0.4 is 4.43 Å². The van der Waals surface area contributed by atoms with Crippen molar-refractivity contribution >= 4 is 42.5 Å². The first-order chi connectivity index (χ1) is 18.5. The van der Waals surface area contributed by atoms with E-state index in [1.807, 2.05) is 13.1 Å². The van der Waals surface area contributed by atoms with Crippen LogP contribution in [0.5, 0.6) is 11.5 Å². The van der Waals surface area contributed by atoms with Gasteiger partial charge in [-0.2, -0.15) is 0 Å². The number of fused-ring (bicyclic) bond motifs is 4. The number of rotatable bonds is 3. The highest BCUT2D eigenvalue weighted by molar-refractivity contribution is 6.74. The fourth-order valence-electron chi connectivity index (χ4n) is 6.20. The first-order valence-corrected chi connectivity index (χ1v) is 15.9. The Kier molecular flexibility index (Phi) is 5.17. The zero-order valence-corrected chi connectivity index (χ0v) is 24.4. The maximum Gasteiger partial charge on any atom is 0.312 e. The molecule has 6 rings (SSSR count). The summed E-state index contributed by atoms with van der Waals surface area (Å²) in [5.74, 6) is -5.43. The van der Waals surface area contributed by atoms with Gasteiger partial charge >= 0.3 is 5.97 Å². The normalized spacial score (nSPS) is 29.4. The fraction of sp³-hybridized carbons (Fsp3) is 0.500. The molecule has 12 heteroatoms. The van der Waals surface area contributed by atoms with E-state index in [-0.39, 0.29) is 34.0 Å². The second-order valence-electron chi connectivity index (χ2n) is 12.6. The van der Waals surface area contributed by atoms with Gasteiger partial charge in [0.15, 0.2) is 0 Å². The minimum atomic E-state index is -2.58. The molecule has 0 radical (unpaired) electrons. The second-order valence-corrected chi connectivity index (χ2v) is 17.3. The van der Waals surface area contributed by atoms with Crippen molar-refractivity contribution in [3.05, 3.63) is 34.4 Å². The standard InChI is InChI=1S/C28H31NO10Si/c1-25(2,3)40(6,7)39-16-9-13-8-14-20(21(31)18(13)15-11-29(4)24(34)19(15)16)23(33)28-26(35,22(14)32)12-37-27(28,36-5)10-17(30)38-28/h8-9,31,35H,10-12H2,1-7H3/t26-,27+,28+/m1/s1. The minimum Gasteiger partial charge on any atom is -0.543 e. The average molecular weight is 570 g/mol. The van der Waals surface area contributed by atoms with Gasteiger partial charge < -0.3 is 33.7 Å². The van der Waals surface area contributed by atoms with Crippen LogP contribution in [0.1, 0.15) is 63.8 Å². The first kappa shape index (κ1) is 26.9. The van der Waals surface area contributed by atoms with Crippen LogP contribution >= 0.6 is 0 Å². The third-order valence-corrected chi connectivity index (χ3v) is 13.7. The lowest BCUT2D eigenvalue weighted by Crippen LogP contribution is -2.71. The number of phenols is 1. The van der Waals surface area contributed by atoms with Gasteiger partial charge in [0, 0.05) is 31.7 Å². The number of benzene rings is 2. The average Bonchev–Trinajstić information content (AvgIpc) is 3.42. The lowest BCUT2D eigenvalue weighted by atomic mass is 9.65. The quantitative estimate of drug-likeness (QED) is 0.417. The Bertz CT molecular complexity index is 1590. The summed E-state index contributed by atoms with van der Waals surface area (Å²) in [6.07, 6.45) is -0.530. The monoisotopic (exact) mass is 569 g/mol. The Balaban J connectivity index is 1.65. The number of hydrogen-bond donors (Lipinski definition) is 2. The fourth-order valence-corrected chi connectivity index (χ4v) is 7.21. The van der Waals surface area contributed by atoms with Gasteiger partial charge in [0.25, 0.3) is 19.8 Å². The number of carbonyl (C=O) groups excluding carboxylic acids is 4. The van der Waals surface area contributed by atoms with E-state index in [0.29, 0.717) is 16.7 Å². The number of ketones is 2. The van der Waals surface area contributed by atoms with Crippen LogP contribution in [0.3, 0.4) is 0 Å². The number of amides is 1. The van der Waals surface area contributed by atoms with Crippen molar-refractivity contribution in [3.63, 3.8) is 0 Å². The molecule has 2 aromatic carbocycles. The van der Waals surface area contributed by atoms with Crippen LogP contribution in [0.4, 0.5) is 0 Å². The number of phenolic OH excluding ortho intramolecular Hbond substituents is 1. The lowest BCUT2D eigenvalue weighted by molar-refractivity contribution is -0.231.